The van der Waals surface area contributed by atoms with Crippen LogP contribution in [0.3, 0.4) is 0 Å². The molecule has 6 nitrogen and oxygen atoms in total. The second kappa shape index (κ2) is 5.53. The lowest BCUT2D eigenvalue weighted by Crippen LogP contribution is -2.47. The van der Waals surface area contributed by atoms with Crippen molar-refractivity contribution < 1.29 is 9.90 Å². The molecular weight excluding hydrogens is 292 g/mol. The molecule has 6 heteroatoms. The SMILES string of the molecule is CC(C)c1ncc2c(n1)CC1CN(C(=O)[C@H]3NCC[C@@H]3O)CC21. The summed E-state index contributed by atoms with van der Waals surface area (Å²) in [5.74, 6) is 2.10. The molecular formula is C17H24N4O2. The summed E-state index contributed by atoms with van der Waals surface area (Å²) >= 11 is 0. The number of nitrogens with one attached hydrogen (secondary N) is 1. The van der Waals surface area contributed by atoms with Crippen LogP contribution in [0.2, 0.25) is 0 Å². The minimum Gasteiger partial charge on any atom is -0.391 e. The Hall–Kier alpha value is -1.53. The number of nitrogens with zero attached hydrogens (tertiary/aromatic N) is 3. The second-order valence-corrected chi connectivity index (χ2v) is 7.39. The summed E-state index contributed by atoms with van der Waals surface area (Å²) in [5, 5.41) is 13.1. The fourth-order valence-corrected chi connectivity index (χ4v) is 4.19. The van der Waals surface area contributed by atoms with E-state index >= 15 is 0 Å². The van der Waals surface area contributed by atoms with Crippen LogP contribution in [0.25, 0.3) is 0 Å². The van der Waals surface area contributed by atoms with Crippen LogP contribution >= 0.6 is 0 Å². The van der Waals surface area contributed by atoms with E-state index in [1.807, 2.05) is 11.1 Å². The first-order chi connectivity index (χ1) is 11.0. The van der Waals surface area contributed by atoms with E-state index in [4.69, 9.17) is 4.98 Å². The van der Waals surface area contributed by atoms with Crippen LogP contribution in [0.4, 0.5) is 0 Å². The van der Waals surface area contributed by atoms with Gasteiger partial charge in [0.15, 0.2) is 0 Å². The number of aliphatic hydroxyl groups excluding tert-OH is 1. The maximum Gasteiger partial charge on any atom is 0.242 e. The zero-order chi connectivity index (χ0) is 16.1. The summed E-state index contributed by atoms with van der Waals surface area (Å²) in [5.41, 5.74) is 2.39. The molecule has 4 atom stereocenters. The van der Waals surface area contributed by atoms with Crippen LogP contribution in [0.5, 0.6) is 0 Å². The van der Waals surface area contributed by atoms with Crippen LogP contribution < -0.4 is 5.32 Å². The molecule has 0 aromatic carbocycles. The van der Waals surface area contributed by atoms with Crippen LogP contribution in [-0.2, 0) is 11.2 Å². The highest BCUT2D eigenvalue weighted by Crippen LogP contribution is 2.42. The van der Waals surface area contributed by atoms with Crippen LogP contribution in [-0.4, -0.2) is 57.7 Å². The predicted molar refractivity (Wildman–Crippen MR) is 85.1 cm³/mol. The minimum absolute atomic E-state index is 0.0469. The zero-order valence-electron chi connectivity index (χ0n) is 13.7. The van der Waals surface area contributed by atoms with E-state index in [9.17, 15) is 9.90 Å². The number of hydrogen-bond acceptors (Lipinski definition) is 5. The highest BCUT2D eigenvalue weighted by molar-refractivity contribution is 5.83. The van der Waals surface area contributed by atoms with Crippen molar-refractivity contribution in [2.75, 3.05) is 19.6 Å². The van der Waals surface area contributed by atoms with E-state index in [1.165, 1.54) is 11.3 Å². The monoisotopic (exact) mass is 316 g/mol. The van der Waals surface area contributed by atoms with Gasteiger partial charge in [-0.15, -0.1) is 0 Å². The van der Waals surface area contributed by atoms with E-state index < -0.39 is 12.1 Å². The number of aliphatic hydroxyl groups is 1. The summed E-state index contributed by atoms with van der Waals surface area (Å²) < 4.78 is 0. The Bertz CT molecular complexity index is 633. The lowest BCUT2D eigenvalue weighted by Gasteiger charge is -2.23. The summed E-state index contributed by atoms with van der Waals surface area (Å²) in [6, 6.07) is -0.423. The van der Waals surface area contributed by atoms with Crippen molar-refractivity contribution in [2.45, 2.75) is 50.7 Å². The highest BCUT2D eigenvalue weighted by Gasteiger charge is 2.45. The molecule has 2 aliphatic heterocycles. The van der Waals surface area contributed by atoms with E-state index in [-0.39, 0.29) is 5.91 Å². The smallest absolute Gasteiger partial charge is 0.242 e. The van der Waals surface area contributed by atoms with Crippen molar-refractivity contribution in [1.82, 2.24) is 20.2 Å². The normalized spacial score (nSPS) is 32.4. The van der Waals surface area contributed by atoms with Gasteiger partial charge in [-0.1, -0.05) is 13.8 Å². The number of rotatable bonds is 2. The third kappa shape index (κ3) is 2.44. The van der Waals surface area contributed by atoms with Gasteiger partial charge in [-0.25, -0.2) is 9.97 Å². The fourth-order valence-electron chi connectivity index (χ4n) is 4.19. The molecule has 0 spiro atoms. The van der Waals surface area contributed by atoms with E-state index in [0.717, 1.165) is 25.3 Å². The van der Waals surface area contributed by atoms with Crippen molar-refractivity contribution in [3.8, 4) is 0 Å². The number of carbonyl (C=O) groups is 1. The third-order valence-electron chi connectivity index (χ3n) is 5.50. The van der Waals surface area contributed by atoms with E-state index in [2.05, 4.69) is 24.1 Å². The largest absolute Gasteiger partial charge is 0.391 e. The van der Waals surface area contributed by atoms with Crippen molar-refractivity contribution in [2.24, 2.45) is 5.92 Å². The topological polar surface area (TPSA) is 78.4 Å². The Labute approximate surface area is 136 Å². The molecule has 0 bridgehead atoms. The Morgan fingerprint density at radius 1 is 1.43 bits per heavy atom. The lowest BCUT2D eigenvalue weighted by atomic mass is 9.97. The van der Waals surface area contributed by atoms with Gasteiger partial charge >= 0.3 is 0 Å². The summed E-state index contributed by atoms with van der Waals surface area (Å²) in [6.07, 6.45) is 3.02. The van der Waals surface area contributed by atoms with Crippen molar-refractivity contribution in [1.29, 1.82) is 0 Å². The number of amides is 1. The number of fused-ring (bicyclic) bond motifs is 3. The molecule has 1 amide bonds. The standard InChI is InChI=1S/C17H24N4O2/c1-9(2)16-19-6-11-12-8-21(7-10(12)5-13(11)20-16)17(23)15-14(22)3-4-18-15/h6,9-10,12,14-15,18,22H,3-5,7-8H2,1-2H3/t10?,12?,14-,15-/m0/s1. The van der Waals surface area contributed by atoms with Crippen LogP contribution in [0.15, 0.2) is 6.20 Å². The molecule has 124 valence electrons. The molecule has 3 heterocycles. The molecule has 0 radical (unpaired) electrons. The van der Waals surface area contributed by atoms with Gasteiger partial charge in [0.2, 0.25) is 5.91 Å². The first kappa shape index (κ1) is 15.0. The number of carbonyl (C=O) groups excluding carboxylic acids is 1. The van der Waals surface area contributed by atoms with E-state index in [1.54, 1.807) is 0 Å². The average Bonchev–Trinajstić information content (AvgIpc) is 3.19. The third-order valence-corrected chi connectivity index (χ3v) is 5.50. The Morgan fingerprint density at radius 3 is 2.96 bits per heavy atom. The Balaban J connectivity index is 1.50. The van der Waals surface area contributed by atoms with Crippen molar-refractivity contribution in [3.05, 3.63) is 23.3 Å². The van der Waals surface area contributed by atoms with Gasteiger partial charge in [-0.2, -0.15) is 0 Å². The van der Waals surface area contributed by atoms with Crippen molar-refractivity contribution >= 4 is 5.91 Å². The van der Waals surface area contributed by atoms with E-state index in [0.29, 0.717) is 30.7 Å². The van der Waals surface area contributed by atoms with Gasteiger partial charge in [-0.05, 0) is 30.9 Å². The zero-order valence-corrected chi connectivity index (χ0v) is 13.7. The Morgan fingerprint density at radius 2 is 2.26 bits per heavy atom. The number of aromatic nitrogens is 2. The van der Waals surface area contributed by atoms with Gasteiger partial charge in [0.25, 0.3) is 0 Å². The molecule has 23 heavy (non-hydrogen) atoms. The van der Waals surface area contributed by atoms with Gasteiger partial charge in [-0.3, -0.25) is 4.79 Å². The molecule has 1 aromatic rings. The van der Waals surface area contributed by atoms with Crippen molar-refractivity contribution in [3.63, 3.8) is 0 Å². The molecule has 4 rings (SSSR count). The Kier molecular flexibility index (Phi) is 3.61. The molecule has 3 aliphatic rings. The summed E-state index contributed by atoms with van der Waals surface area (Å²) in [6.45, 7) is 6.43. The van der Waals surface area contributed by atoms with Gasteiger partial charge in [0.1, 0.15) is 11.9 Å². The maximum absolute atomic E-state index is 12.6. The molecule has 2 N–H and O–H groups in total. The van der Waals surface area contributed by atoms with Gasteiger partial charge < -0.3 is 15.3 Å². The second-order valence-electron chi connectivity index (χ2n) is 7.39. The average molecular weight is 316 g/mol. The van der Waals surface area contributed by atoms with Crippen LogP contribution in [0.1, 0.15) is 49.2 Å². The molecule has 2 unspecified atom stereocenters. The highest BCUT2D eigenvalue weighted by atomic mass is 16.3. The number of likely N-dealkylation sites (tertiary alicyclic amines) is 1. The molecule has 2 saturated heterocycles. The lowest BCUT2D eigenvalue weighted by molar-refractivity contribution is -0.134. The maximum atomic E-state index is 12.6. The summed E-state index contributed by atoms with van der Waals surface area (Å²) in [7, 11) is 0. The quantitative estimate of drug-likeness (QED) is 0.827. The molecule has 0 saturated carbocycles. The minimum atomic E-state index is -0.549. The predicted octanol–water partition coefficient (Wildman–Crippen LogP) is 0.421. The first-order valence-corrected chi connectivity index (χ1v) is 8.60. The molecule has 1 aliphatic carbocycles. The van der Waals surface area contributed by atoms with Gasteiger partial charge in [0.05, 0.1) is 6.10 Å². The fraction of sp³-hybridized carbons (Fsp3) is 0.706. The first-order valence-electron chi connectivity index (χ1n) is 8.60. The summed E-state index contributed by atoms with van der Waals surface area (Å²) in [4.78, 5) is 23.8. The number of hydrogen-bond donors (Lipinski definition) is 2. The van der Waals surface area contributed by atoms with Crippen LogP contribution in [0, 0.1) is 5.92 Å². The van der Waals surface area contributed by atoms with Gasteiger partial charge in [0, 0.05) is 36.8 Å². The molecule has 2 fully saturated rings. The molecule has 1 aromatic heterocycles.